The van der Waals surface area contributed by atoms with Crippen LogP contribution in [0.4, 0.5) is 0 Å². The first kappa shape index (κ1) is 17.7. The number of carbonyl (C=O) groups excluding carboxylic acids is 1. The first-order valence-corrected chi connectivity index (χ1v) is 7.72. The van der Waals surface area contributed by atoms with E-state index in [9.17, 15) is 9.90 Å². The molecule has 0 aromatic heterocycles. The van der Waals surface area contributed by atoms with Crippen molar-refractivity contribution in [3.63, 3.8) is 0 Å². The van der Waals surface area contributed by atoms with Crippen LogP contribution < -0.4 is 4.74 Å². The number of Topliss-reactive ketones (excluding diaryl/α,β-unsaturated/α-hetero) is 1. The molecule has 0 bridgehead atoms. The van der Waals surface area contributed by atoms with Gasteiger partial charge in [-0.2, -0.15) is 0 Å². The molecule has 0 radical (unpaired) electrons. The number of carbonyl (C=O) groups is 1. The monoisotopic (exact) mass is 293 g/mol. The molecule has 4 nitrogen and oxygen atoms in total. The van der Waals surface area contributed by atoms with Gasteiger partial charge in [-0.05, 0) is 45.0 Å². The third-order valence-electron chi connectivity index (χ3n) is 3.40. The predicted molar refractivity (Wildman–Crippen MR) is 84.9 cm³/mol. The molecule has 1 rings (SSSR count). The topological polar surface area (TPSA) is 49.8 Å². The SMILES string of the molecule is CCCCN(CCO)Cc1cc(C(C)=O)ccc1OCC. The predicted octanol–water partition coefficient (Wildman–Crippen LogP) is 2.88. The highest BCUT2D eigenvalue weighted by atomic mass is 16.5. The molecule has 0 aliphatic heterocycles. The molecule has 0 aliphatic carbocycles. The van der Waals surface area contributed by atoms with Gasteiger partial charge in [0.1, 0.15) is 5.75 Å². The Morgan fingerprint density at radius 3 is 2.62 bits per heavy atom. The Bertz CT molecular complexity index is 446. The van der Waals surface area contributed by atoms with E-state index in [1.165, 1.54) is 0 Å². The molecule has 0 spiro atoms. The fourth-order valence-electron chi connectivity index (χ4n) is 2.25. The summed E-state index contributed by atoms with van der Waals surface area (Å²) < 4.78 is 5.65. The fourth-order valence-corrected chi connectivity index (χ4v) is 2.25. The van der Waals surface area contributed by atoms with Gasteiger partial charge in [0.2, 0.25) is 0 Å². The maximum absolute atomic E-state index is 11.6. The Morgan fingerprint density at radius 2 is 2.05 bits per heavy atom. The second-order valence-corrected chi connectivity index (χ2v) is 5.17. The molecule has 0 heterocycles. The summed E-state index contributed by atoms with van der Waals surface area (Å²) in [6, 6.07) is 5.58. The Morgan fingerprint density at radius 1 is 1.29 bits per heavy atom. The van der Waals surface area contributed by atoms with Gasteiger partial charge in [-0.3, -0.25) is 9.69 Å². The lowest BCUT2D eigenvalue weighted by molar-refractivity contribution is 0.101. The molecule has 0 aliphatic rings. The van der Waals surface area contributed by atoms with E-state index < -0.39 is 0 Å². The van der Waals surface area contributed by atoms with Crippen molar-refractivity contribution in [3.05, 3.63) is 29.3 Å². The Labute approximate surface area is 127 Å². The van der Waals surface area contributed by atoms with Gasteiger partial charge in [0.05, 0.1) is 13.2 Å². The van der Waals surface area contributed by atoms with E-state index in [2.05, 4.69) is 11.8 Å². The van der Waals surface area contributed by atoms with Gasteiger partial charge in [-0.1, -0.05) is 13.3 Å². The van der Waals surface area contributed by atoms with Crippen LogP contribution in [0.2, 0.25) is 0 Å². The van der Waals surface area contributed by atoms with Crippen molar-refractivity contribution in [1.82, 2.24) is 4.90 Å². The van der Waals surface area contributed by atoms with Crippen LogP contribution in [-0.4, -0.2) is 42.1 Å². The Kier molecular flexibility index (Phi) is 8.01. The van der Waals surface area contributed by atoms with E-state index in [-0.39, 0.29) is 12.4 Å². The maximum atomic E-state index is 11.6. The first-order chi connectivity index (χ1) is 10.1. The lowest BCUT2D eigenvalue weighted by atomic mass is 10.1. The van der Waals surface area contributed by atoms with Crippen molar-refractivity contribution in [1.29, 1.82) is 0 Å². The molecule has 4 heteroatoms. The highest BCUT2D eigenvalue weighted by Crippen LogP contribution is 2.22. The van der Waals surface area contributed by atoms with Crippen LogP contribution in [0.1, 0.15) is 49.5 Å². The van der Waals surface area contributed by atoms with Crippen molar-refractivity contribution in [2.45, 2.75) is 40.2 Å². The molecule has 0 amide bonds. The summed E-state index contributed by atoms with van der Waals surface area (Å²) in [5.41, 5.74) is 1.71. The van der Waals surface area contributed by atoms with Crippen molar-refractivity contribution in [2.24, 2.45) is 0 Å². The molecular formula is C17H27NO3. The summed E-state index contributed by atoms with van der Waals surface area (Å²) >= 11 is 0. The van der Waals surface area contributed by atoms with E-state index in [1.54, 1.807) is 13.0 Å². The third-order valence-corrected chi connectivity index (χ3v) is 3.40. The van der Waals surface area contributed by atoms with Crippen LogP contribution in [0.5, 0.6) is 5.75 Å². The number of hydrogen-bond donors (Lipinski definition) is 1. The van der Waals surface area contributed by atoms with Crippen LogP contribution in [0.15, 0.2) is 18.2 Å². The average molecular weight is 293 g/mol. The molecule has 0 saturated carbocycles. The molecule has 0 unspecified atom stereocenters. The highest BCUT2D eigenvalue weighted by Gasteiger charge is 2.12. The van der Waals surface area contributed by atoms with Crippen molar-refractivity contribution >= 4 is 5.78 Å². The van der Waals surface area contributed by atoms with E-state index in [0.29, 0.717) is 25.3 Å². The highest BCUT2D eigenvalue weighted by molar-refractivity contribution is 5.94. The van der Waals surface area contributed by atoms with Crippen LogP contribution in [-0.2, 0) is 6.54 Å². The van der Waals surface area contributed by atoms with Gasteiger partial charge in [0.25, 0.3) is 0 Å². The van der Waals surface area contributed by atoms with Gasteiger partial charge in [-0.25, -0.2) is 0 Å². The average Bonchev–Trinajstić information content (AvgIpc) is 2.46. The van der Waals surface area contributed by atoms with Crippen LogP contribution >= 0.6 is 0 Å². The molecule has 1 aromatic carbocycles. The largest absolute Gasteiger partial charge is 0.494 e. The van der Waals surface area contributed by atoms with Gasteiger partial charge >= 0.3 is 0 Å². The van der Waals surface area contributed by atoms with Crippen molar-refractivity contribution in [3.8, 4) is 5.75 Å². The Balaban J connectivity index is 2.94. The smallest absolute Gasteiger partial charge is 0.159 e. The number of unbranched alkanes of at least 4 members (excludes halogenated alkanes) is 1. The molecule has 0 fully saturated rings. The van der Waals surface area contributed by atoms with Gasteiger partial charge in [-0.15, -0.1) is 0 Å². The van der Waals surface area contributed by atoms with Crippen molar-refractivity contribution in [2.75, 3.05) is 26.3 Å². The van der Waals surface area contributed by atoms with Gasteiger partial charge < -0.3 is 9.84 Å². The van der Waals surface area contributed by atoms with Crippen LogP contribution in [0.3, 0.4) is 0 Å². The lowest BCUT2D eigenvalue weighted by Gasteiger charge is -2.23. The summed E-state index contributed by atoms with van der Waals surface area (Å²) in [5, 5.41) is 9.20. The summed E-state index contributed by atoms with van der Waals surface area (Å²) in [6.45, 7) is 8.67. The molecule has 21 heavy (non-hydrogen) atoms. The number of rotatable bonds is 10. The molecule has 1 aromatic rings. The number of aliphatic hydroxyl groups is 1. The van der Waals surface area contributed by atoms with Crippen molar-refractivity contribution < 1.29 is 14.6 Å². The first-order valence-electron chi connectivity index (χ1n) is 7.72. The summed E-state index contributed by atoms with van der Waals surface area (Å²) in [7, 11) is 0. The van der Waals surface area contributed by atoms with E-state index in [1.807, 2.05) is 19.1 Å². The number of nitrogens with zero attached hydrogens (tertiary/aromatic N) is 1. The number of aliphatic hydroxyl groups excluding tert-OH is 1. The number of benzene rings is 1. The third kappa shape index (κ3) is 5.86. The molecule has 118 valence electrons. The van der Waals surface area contributed by atoms with Crippen LogP contribution in [0.25, 0.3) is 0 Å². The molecule has 0 atom stereocenters. The van der Waals surface area contributed by atoms with E-state index in [0.717, 1.165) is 30.7 Å². The lowest BCUT2D eigenvalue weighted by Crippen LogP contribution is -2.28. The second kappa shape index (κ2) is 9.53. The number of hydrogen-bond acceptors (Lipinski definition) is 4. The summed E-state index contributed by atoms with van der Waals surface area (Å²) in [4.78, 5) is 13.8. The quantitative estimate of drug-likeness (QED) is 0.674. The fraction of sp³-hybridized carbons (Fsp3) is 0.588. The standard InChI is InChI=1S/C17H27NO3/c1-4-6-9-18(10-11-19)13-16-12-15(14(3)20)7-8-17(16)21-5-2/h7-8,12,19H,4-6,9-11,13H2,1-3H3. The molecule has 1 N–H and O–H groups in total. The zero-order valence-electron chi connectivity index (χ0n) is 13.4. The zero-order valence-corrected chi connectivity index (χ0v) is 13.4. The minimum atomic E-state index is 0.0570. The van der Waals surface area contributed by atoms with E-state index >= 15 is 0 Å². The zero-order chi connectivity index (χ0) is 15.7. The molecular weight excluding hydrogens is 266 g/mol. The number of ketones is 1. The summed E-state index contributed by atoms with van der Waals surface area (Å²) in [5.74, 6) is 0.878. The maximum Gasteiger partial charge on any atom is 0.159 e. The Hall–Kier alpha value is -1.39. The van der Waals surface area contributed by atoms with Gasteiger partial charge in [0.15, 0.2) is 5.78 Å². The number of ether oxygens (including phenoxy) is 1. The summed E-state index contributed by atoms with van der Waals surface area (Å²) in [6.07, 6.45) is 2.21. The molecule has 0 saturated heterocycles. The van der Waals surface area contributed by atoms with E-state index in [4.69, 9.17) is 4.74 Å². The van der Waals surface area contributed by atoms with Crippen LogP contribution in [0, 0.1) is 0 Å². The second-order valence-electron chi connectivity index (χ2n) is 5.17. The van der Waals surface area contributed by atoms with Gasteiger partial charge in [0, 0.05) is 24.2 Å². The minimum Gasteiger partial charge on any atom is -0.494 e. The minimum absolute atomic E-state index is 0.0570. The normalized spacial score (nSPS) is 10.9.